The lowest BCUT2D eigenvalue weighted by atomic mass is 10.2. The maximum absolute atomic E-state index is 5.55. The van der Waals surface area contributed by atoms with E-state index in [4.69, 9.17) is 4.42 Å². The number of benzene rings is 2. The van der Waals surface area contributed by atoms with Gasteiger partial charge in [-0.15, -0.1) is 0 Å². The molecular weight excluding hydrogens is 302 g/mol. The number of nitrogens with one attached hydrogen (secondary N) is 2. The van der Waals surface area contributed by atoms with E-state index in [-0.39, 0.29) is 0 Å². The normalized spacial score (nSPS) is 10.7. The molecule has 0 amide bonds. The molecule has 0 aliphatic heterocycles. The molecule has 2 heterocycles. The maximum Gasteiger partial charge on any atom is 0.226 e. The highest BCUT2D eigenvalue weighted by molar-refractivity contribution is 5.62. The molecule has 2 N–H and O–H groups in total. The van der Waals surface area contributed by atoms with E-state index in [2.05, 4.69) is 25.5 Å². The van der Waals surface area contributed by atoms with Crippen LogP contribution in [0.25, 0.3) is 22.8 Å². The van der Waals surface area contributed by atoms with Gasteiger partial charge in [-0.05, 0) is 24.3 Å². The number of aromatic nitrogens is 4. The van der Waals surface area contributed by atoms with Gasteiger partial charge in [-0.25, -0.2) is 9.97 Å². The highest BCUT2D eigenvalue weighted by Crippen LogP contribution is 2.21. The summed E-state index contributed by atoms with van der Waals surface area (Å²) in [5, 5.41) is 10.1. The first-order valence-electron chi connectivity index (χ1n) is 7.58. The Bertz CT molecular complexity index is 916. The van der Waals surface area contributed by atoms with E-state index < -0.39 is 0 Å². The van der Waals surface area contributed by atoms with Crippen molar-refractivity contribution < 1.29 is 4.42 Å². The first-order valence-corrected chi connectivity index (χ1v) is 7.58. The third-order valence-electron chi connectivity index (χ3n) is 3.60. The van der Waals surface area contributed by atoms with Gasteiger partial charge in [0.2, 0.25) is 5.89 Å². The van der Waals surface area contributed by atoms with Crippen molar-refractivity contribution in [2.75, 3.05) is 5.32 Å². The van der Waals surface area contributed by atoms with Gasteiger partial charge in [0.15, 0.2) is 5.82 Å². The van der Waals surface area contributed by atoms with Crippen LogP contribution in [0.3, 0.4) is 0 Å². The van der Waals surface area contributed by atoms with Gasteiger partial charge < -0.3 is 9.73 Å². The zero-order valence-corrected chi connectivity index (χ0v) is 12.8. The summed E-state index contributed by atoms with van der Waals surface area (Å²) in [4.78, 5) is 8.67. The molecule has 2 aromatic heterocycles. The van der Waals surface area contributed by atoms with Crippen LogP contribution in [0, 0.1) is 0 Å². The van der Waals surface area contributed by atoms with Gasteiger partial charge in [0, 0.05) is 16.8 Å². The monoisotopic (exact) mass is 317 g/mol. The summed E-state index contributed by atoms with van der Waals surface area (Å²) in [6.07, 6.45) is 3.17. The fourth-order valence-corrected chi connectivity index (χ4v) is 2.42. The molecule has 0 fully saturated rings. The predicted molar refractivity (Wildman–Crippen MR) is 91.1 cm³/mol. The Labute approximate surface area is 138 Å². The minimum Gasteiger partial charge on any atom is -0.444 e. The van der Waals surface area contributed by atoms with E-state index in [9.17, 15) is 0 Å². The van der Waals surface area contributed by atoms with Gasteiger partial charge >= 0.3 is 0 Å². The molecule has 6 nitrogen and oxygen atoms in total. The molecule has 0 aliphatic carbocycles. The topological polar surface area (TPSA) is 79.6 Å². The number of nitrogens with zero attached hydrogens (tertiary/aromatic N) is 3. The van der Waals surface area contributed by atoms with Crippen molar-refractivity contribution in [1.82, 2.24) is 20.2 Å². The summed E-state index contributed by atoms with van der Waals surface area (Å²) >= 11 is 0. The van der Waals surface area contributed by atoms with Crippen molar-refractivity contribution in [2.45, 2.75) is 6.54 Å². The summed E-state index contributed by atoms with van der Waals surface area (Å²) in [5.74, 6) is 1.37. The third kappa shape index (κ3) is 3.03. The van der Waals surface area contributed by atoms with Crippen LogP contribution < -0.4 is 5.32 Å². The SMILES string of the molecule is c1ccc(-c2nc(CNc3cccc(-c4ncn[nH]4)c3)co2)cc1. The van der Waals surface area contributed by atoms with Crippen molar-refractivity contribution in [3.05, 3.63) is 72.9 Å². The Morgan fingerprint density at radius 2 is 1.88 bits per heavy atom. The van der Waals surface area contributed by atoms with Crippen LogP contribution in [0.15, 0.2) is 71.6 Å². The Hall–Kier alpha value is -3.41. The van der Waals surface area contributed by atoms with Gasteiger partial charge in [0.05, 0.1) is 12.2 Å². The van der Waals surface area contributed by atoms with Crippen molar-refractivity contribution in [2.24, 2.45) is 0 Å². The molecule has 4 aromatic rings. The molecule has 0 unspecified atom stereocenters. The molecule has 0 atom stereocenters. The number of anilines is 1. The average Bonchev–Trinajstić information content (AvgIpc) is 3.33. The quantitative estimate of drug-likeness (QED) is 0.586. The second-order valence-electron chi connectivity index (χ2n) is 5.28. The zero-order valence-electron chi connectivity index (χ0n) is 12.8. The van der Waals surface area contributed by atoms with Gasteiger partial charge in [0.25, 0.3) is 0 Å². The second kappa shape index (κ2) is 6.37. The van der Waals surface area contributed by atoms with E-state index in [1.165, 1.54) is 6.33 Å². The van der Waals surface area contributed by atoms with E-state index in [0.29, 0.717) is 12.4 Å². The van der Waals surface area contributed by atoms with Gasteiger partial charge in [-0.3, -0.25) is 5.10 Å². The molecule has 0 aliphatic rings. The maximum atomic E-state index is 5.55. The Balaban J connectivity index is 1.46. The van der Waals surface area contributed by atoms with Gasteiger partial charge in [0.1, 0.15) is 12.6 Å². The van der Waals surface area contributed by atoms with Crippen LogP contribution in [-0.2, 0) is 6.54 Å². The number of hydrogen-bond acceptors (Lipinski definition) is 5. The average molecular weight is 317 g/mol. The lowest BCUT2D eigenvalue weighted by Crippen LogP contribution is -1.99. The first-order chi connectivity index (χ1) is 11.9. The van der Waals surface area contributed by atoms with Gasteiger partial charge in [-0.2, -0.15) is 5.10 Å². The fourth-order valence-electron chi connectivity index (χ4n) is 2.42. The predicted octanol–water partition coefficient (Wildman–Crippen LogP) is 3.74. The van der Waals surface area contributed by atoms with E-state index in [0.717, 1.165) is 28.3 Å². The number of rotatable bonds is 5. The van der Waals surface area contributed by atoms with E-state index in [1.54, 1.807) is 6.26 Å². The largest absolute Gasteiger partial charge is 0.444 e. The smallest absolute Gasteiger partial charge is 0.226 e. The highest BCUT2D eigenvalue weighted by atomic mass is 16.3. The van der Waals surface area contributed by atoms with E-state index >= 15 is 0 Å². The summed E-state index contributed by atoms with van der Waals surface area (Å²) in [6, 6.07) is 17.8. The molecule has 4 rings (SSSR count). The van der Waals surface area contributed by atoms with Gasteiger partial charge in [-0.1, -0.05) is 30.3 Å². The molecule has 118 valence electrons. The minimum absolute atomic E-state index is 0.580. The standard InChI is InChI=1S/C18H15N5O/c1-2-5-13(6-3-1)18-22-16(11-24-18)10-19-15-8-4-7-14(9-15)17-20-12-21-23-17/h1-9,11-12,19H,10H2,(H,20,21,23). The number of H-pyrrole nitrogens is 1. The molecule has 24 heavy (non-hydrogen) atoms. The number of oxazole rings is 1. The zero-order chi connectivity index (χ0) is 16.2. The lowest BCUT2D eigenvalue weighted by molar-refractivity contribution is 0.573. The molecule has 2 aromatic carbocycles. The summed E-state index contributed by atoms with van der Waals surface area (Å²) in [7, 11) is 0. The summed E-state index contributed by atoms with van der Waals surface area (Å²) < 4.78 is 5.55. The third-order valence-corrected chi connectivity index (χ3v) is 3.60. The van der Waals surface area contributed by atoms with Crippen molar-refractivity contribution in [1.29, 1.82) is 0 Å². The van der Waals surface area contributed by atoms with Crippen LogP contribution in [0.1, 0.15) is 5.69 Å². The number of hydrogen-bond donors (Lipinski definition) is 2. The highest BCUT2D eigenvalue weighted by Gasteiger charge is 2.06. The Kier molecular flexibility index (Phi) is 3.77. The summed E-state index contributed by atoms with van der Waals surface area (Å²) in [6.45, 7) is 0.580. The molecule has 0 bridgehead atoms. The van der Waals surface area contributed by atoms with Crippen LogP contribution in [0.4, 0.5) is 5.69 Å². The lowest BCUT2D eigenvalue weighted by Gasteiger charge is -2.05. The first kappa shape index (κ1) is 14.2. The molecule has 0 saturated carbocycles. The van der Waals surface area contributed by atoms with Crippen molar-refractivity contribution >= 4 is 5.69 Å². The molecule has 0 saturated heterocycles. The van der Waals surface area contributed by atoms with Crippen molar-refractivity contribution in [3.63, 3.8) is 0 Å². The van der Waals surface area contributed by atoms with Crippen molar-refractivity contribution in [3.8, 4) is 22.8 Å². The molecule has 0 spiro atoms. The Morgan fingerprint density at radius 3 is 2.71 bits per heavy atom. The molecule has 0 radical (unpaired) electrons. The molecule has 6 heteroatoms. The second-order valence-corrected chi connectivity index (χ2v) is 5.28. The van der Waals surface area contributed by atoms with Crippen LogP contribution in [0.2, 0.25) is 0 Å². The fraction of sp³-hybridized carbons (Fsp3) is 0.0556. The van der Waals surface area contributed by atoms with Crippen LogP contribution in [-0.4, -0.2) is 20.2 Å². The number of aromatic amines is 1. The van der Waals surface area contributed by atoms with Crippen LogP contribution >= 0.6 is 0 Å². The minimum atomic E-state index is 0.580. The van der Waals surface area contributed by atoms with Crippen LogP contribution in [0.5, 0.6) is 0 Å². The van der Waals surface area contributed by atoms with E-state index in [1.807, 2.05) is 54.6 Å². The molecular formula is C18H15N5O. The summed E-state index contributed by atoms with van der Waals surface area (Å²) in [5.41, 5.74) is 3.77. The Morgan fingerprint density at radius 1 is 1.00 bits per heavy atom.